The molecule has 2 N–H and O–H groups in total. The Morgan fingerprint density at radius 1 is 1.57 bits per heavy atom. The van der Waals surface area contributed by atoms with Crippen molar-refractivity contribution < 1.29 is 23.1 Å². The normalized spacial score (nSPS) is 19.8. The van der Waals surface area contributed by atoms with Gasteiger partial charge in [-0.25, -0.2) is 13.8 Å². The Morgan fingerprint density at radius 3 is 2.91 bits per heavy atom. The van der Waals surface area contributed by atoms with Gasteiger partial charge in [-0.1, -0.05) is 0 Å². The van der Waals surface area contributed by atoms with Crippen LogP contribution in [0.1, 0.15) is 18.4 Å². The van der Waals surface area contributed by atoms with E-state index in [9.17, 15) is 18.3 Å². The molecule has 0 spiro atoms. The van der Waals surface area contributed by atoms with E-state index in [2.05, 4.69) is 26.5 Å². The molecule has 1 fully saturated rings. The van der Waals surface area contributed by atoms with Gasteiger partial charge in [0.2, 0.25) is 5.91 Å². The van der Waals surface area contributed by atoms with Gasteiger partial charge in [0.05, 0.1) is 24.8 Å². The highest BCUT2D eigenvalue weighted by molar-refractivity contribution is 9.10. The predicted octanol–water partition coefficient (Wildman–Crippen LogP) is 1.44. The van der Waals surface area contributed by atoms with Crippen molar-refractivity contribution in [2.45, 2.75) is 12.8 Å². The molecular formula is C14H17BrN2O5S. The van der Waals surface area contributed by atoms with E-state index >= 15 is 0 Å². The van der Waals surface area contributed by atoms with Gasteiger partial charge in [-0.3, -0.25) is 4.79 Å². The quantitative estimate of drug-likeness (QED) is 0.570. The molecule has 7 nitrogen and oxygen atoms in total. The van der Waals surface area contributed by atoms with Gasteiger partial charge in [0.1, 0.15) is 0 Å². The molecule has 1 aliphatic heterocycles. The van der Waals surface area contributed by atoms with E-state index in [1.807, 2.05) is 0 Å². The lowest BCUT2D eigenvalue weighted by Gasteiger charge is -2.07. The Bertz CT molecular complexity index is 733. The van der Waals surface area contributed by atoms with Crippen molar-refractivity contribution in [1.82, 2.24) is 5.43 Å². The highest BCUT2D eigenvalue weighted by Gasteiger charge is 2.29. The number of ether oxygens (including phenoxy) is 1. The summed E-state index contributed by atoms with van der Waals surface area (Å²) < 4.78 is 28.3. The Balaban J connectivity index is 1.91. The molecule has 23 heavy (non-hydrogen) atoms. The van der Waals surface area contributed by atoms with Crippen molar-refractivity contribution in [2.24, 2.45) is 11.0 Å². The standard InChI is InChI=1S/C14H17BrN2O5S/c1-22-13-6-11(15)10(5-12(13)18)7-16-17-14(19)4-9-2-3-23(20,21)8-9/h5-7,9,18H,2-4,8H2,1H3,(H,17,19)/b16-7-/t9-/m1/s1. The molecule has 1 saturated heterocycles. The number of phenolic OH excluding ortho intramolecular Hbond substituents is 1. The SMILES string of the molecule is COc1cc(Br)c(/C=N\NC(=O)C[C@H]2CCS(=O)(=O)C2)cc1O. The fourth-order valence-electron chi connectivity index (χ4n) is 2.34. The zero-order chi connectivity index (χ0) is 17.0. The van der Waals surface area contributed by atoms with Crippen LogP contribution in [0, 0.1) is 5.92 Å². The van der Waals surface area contributed by atoms with Crippen molar-refractivity contribution in [3.63, 3.8) is 0 Å². The molecule has 0 bridgehead atoms. The van der Waals surface area contributed by atoms with Gasteiger partial charge in [0.15, 0.2) is 21.3 Å². The van der Waals surface area contributed by atoms with Crippen LogP contribution in [0.4, 0.5) is 0 Å². The maximum absolute atomic E-state index is 11.8. The number of hydrogen-bond donors (Lipinski definition) is 2. The highest BCUT2D eigenvalue weighted by Crippen LogP contribution is 2.31. The number of sulfone groups is 1. The topological polar surface area (TPSA) is 105 Å². The van der Waals surface area contributed by atoms with Gasteiger partial charge >= 0.3 is 0 Å². The molecule has 1 aromatic rings. The lowest BCUT2D eigenvalue weighted by atomic mass is 10.1. The molecule has 0 aliphatic carbocycles. The molecule has 0 radical (unpaired) electrons. The van der Waals surface area contributed by atoms with Crippen LogP contribution in [0.3, 0.4) is 0 Å². The van der Waals surface area contributed by atoms with Crippen LogP contribution < -0.4 is 10.2 Å². The smallest absolute Gasteiger partial charge is 0.240 e. The number of benzene rings is 1. The second kappa shape index (κ2) is 7.31. The summed E-state index contributed by atoms with van der Waals surface area (Å²) in [4.78, 5) is 11.8. The van der Waals surface area contributed by atoms with Gasteiger partial charge in [-0.05, 0) is 40.4 Å². The number of nitrogens with one attached hydrogen (secondary N) is 1. The third-order valence-electron chi connectivity index (χ3n) is 3.49. The number of carbonyl (C=O) groups is 1. The average molecular weight is 405 g/mol. The molecule has 1 atom stereocenters. The number of aromatic hydroxyl groups is 1. The summed E-state index contributed by atoms with van der Waals surface area (Å²) in [7, 11) is -1.54. The Kier molecular flexibility index (Phi) is 5.64. The maximum Gasteiger partial charge on any atom is 0.240 e. The minimum Gasteiger partial charge on any atom is -0.504 e. The van der Waals surface area contributed by atoms with E-state index in [0.717, 1.165) is 0 Å². The second-order valence-corrected chi connectivity index (χ2v) is 8.39. The first-order valence-corrected chi connectivity index (χ1v) is 9.51. The zero-order valence-corrected chi connectivity index (χ0v) is 14.9. The Hall–Kier alpha value is -1.61. The Morgan fingerprint density at radius 2 is 2.30 bits per heavy atom. The van der Waals surface area contributed by atoms with E-state index in [4.69, 9.17) is 4.74 Å². The number of hydrogen-bond acceptors (Lipinski definition) is 6. The van der Waals surface area contributed by atoms with Crippen LogP contribution in [-0.2, 0) is 14.6 Å². The lowest BCUT2D eigenvalue weighted by molar-refractivity contribution is -0.121. The summed E-state index contributed by atoms with van der Waals surface area (Å²) in [5.74, 6) is -0.00164. The highest BCUT2D eigenvalue weighted by atomic mass is 79.9. The predicted molar refractivity (Wildman–Crippen MR) is 89.5 cm³/mol. The van der Waals surface area contributed by atoms with Crippen molar-refractivity contribution in [3.05, 3.63) is 22.2 Å². The molecule has 1 amide bonds. The van der Waals surface area contributed by atoms with Crippen molar-refractivity contribution >= 4 is 37.9 Å². The second-order valence-electron chi connectivity index (χ2n) is 5.31. The molecular weight excluding hydrogens is 388 g/mol. The molecule has 1 heterocycles. The summed E-state index contributed by atoms with van der Waals surface area (Å²) in [6.07, 6.45) is 2.02. The molecule has 126 valence electrons. The van der Waals surface area contributed by atoms with E-state index in [0.29, 0.717) is 22.2 Å². The first-order chi connectivity index (χ1) is 10.8. The van der Waals surface area contributed by atoms with Gasteiger partial charge in [-0.2, -0.15) is 5.10 Å². The van der Waals surface area contributed by atoms with Crippen LogP contribution in [0.15, 0.2) is 21.7 Å². The zero-order valence-electron chi connectivity index (χ0n) is 12.5. The largest absolute Gasteiger partial charge is 0.504 e. The first kappa shape index (κ1) is 17.7. The van der Waals surface area contributed by atoms with E-state index in [1.54, 1.807) is 6.07 Å². The monoisotopic (exact) mass is 404 g/mol. The molecule has 2 rings (SSSR count). The number of amides is 1. The number of hydrazone groups is 1. The van der Waals surface area contributed by atoms with Gasteiger partial charge in [0, 0.05) is 16.5 Å². The third-order valence-corrected chi connectivity index (χ3v) is 6.02. The number of phenols is 1. The fourth-order valence-corrected chi connectivity index (χ4v) is 4.62. The number of nitrogens with zero attached hydrogens (tertiary/aromatic N) is 1. The summed E-state index contributed by atoms with van der Waals surface area (Å²) in [5, 5.41) is 13.5. The number of carbonyl (C=O) groups excluding carboxylic acids is 1. The van der Waals surface area contributed by atoms with Gasteiger partial charge in [0.25, 0.3) is 0 Å². The van der Waals surface area contributed by atoms with Crippen molar-refractivity contribution in [1.29, 1.82) is 0 Å². The van der Waals surface area contributed by atoms with Crippen LogP contribution in [0.5, 0.6) is 11.5 Å². The van der Waals surface area contributed by atoms with Crippen molar-refractivity contribution in [2.75, 3.05) is 18.6 Å². The minimum absolute atomic E-state index is 0.0420. The van der Waals surface area contributed by atoms with Crippen LogP contribution >= 0.6 is 15.9 Å². The third kappa shape index (κ3) is 4.93. The van der Waals surface area contributed by atoms with Crippen LogP contribution in [-0.4, -0.2) is 44.3 Å². The molecule has 1 aromatic carbocycles. The Labute approximate surface area is 142 Å². The summed E-state index contributed by atoms with van der Waals surface area (Å²) in [6.45, 7) is 0. The van der Waals surface area contributed by atoms with Gasteiger partial charge < -0.3 is 9.84 Å². The number of halogens is 1. The van der Waals surface area contributed by atoms with E-state index < -0.39 is 9.84 Å². The van der Waals surface area contributed by atoms with E-state index in [-0.39, 0.29) is 35.5 Å². The summed E-state index contributed by atoms with van der Waals surface area (Å²) in [6, 6.07) is 3.03. The van der Waals surface area contributed by atoms with Crippen LogP contribution in [0.25, 0.3) is 0 Å². The van der Waals surface area contributed by atoms with Crippen molar-refractivity contribution in [3.8, 4) is 11.5 Å². The summed E-state index contributed by atoms with van der Waals surface area (Å²) in [5.41, 5.74) is 2.92. The first-order valence-electron chi connectivity index (χ1n) is 6.89. The molecule has 0 unspecified atom stereocenters. The minimum atomic E-state index is -2.99. The van der Waals surface area contributed by atoms with E-state index in [1.165, 1.54) is 19.4 Å². The number of rotatable bonds is 5. The average Bonchev–Trinajstić information content (AvgIpc) is 2.81. The lowest BCUT2D eigenvalue weighted by Crippen LogP contribution is -2.21. The number of methoxy groups -OCH3 is 1. The summed E-state index contributed by atoms with van der Waals surface area (Å²) >= 11 is 3.31. The van der Waals surface area contributed by atoms with Crippen LogP contribution in [0.2, 0.25) is 0 Å². The fraction of sp³-hybridized carbons (Fsp3) is 0.429. The molecule has 0 saturated carbocycles. The molecule has 0 aromatic heterocycles. The molecule has 9 heteroatoms. The maximum atomic E-state index is 11.8. The molecule has 1 aliphatic rings. The van der Waals surface area contributed by atoms with Gasteiger partial charge in [-0.15, -0.1) is 0 Å².